The lowest BCUT2D eigenvalue weighted by molar-refractivity contribution is -0.128. The van der Waals surface area contributed by atoms with E-state index in [2.05, 4.69) is 10.6 Å². The molecule has 0 aliphatic carbocycles. The Balaban J connectivity index is 1.84. The summed E-state index contributed by atoms with van der Waals surface area (Å²) in [6, 6.07) is 1.84. The summed E-state index contributed by atoms with van der Waals surface area (Å²) < 4.78 is 27.5. The van der Waals surface area contributed by atoms with E-state index in [-0.39, 0.29) is 37.0 Å². The lowest BCUT2D eigenvalue weighted by atomic mass is 9.96. The van der Waals surface area contributed by atoms with Crippen molar-refractivity contribution in [2.24, 2.45) is 5.41 Å². The van der Waals surface area contributed by atoms with E-state index in [1.165, 1.54) is 4.90 Å². The van der Waals surface area contributed by atoms with Gasteiger partial charge in [0.15, 0.2) is 0 Å². The fourth-order valence-electron chi connectivity index (χ4n) is 2.49. The van der Waals surface area contributed by atoms with E-state index in [0.717, 1.165) is 12.1 Å². The lowest BCUT2D eigenvalue weighted by Gasteiger charge is -2.29. The molecule has 3 amide bonds. The van der Waals surface area contributed by atoms with Crippen LogP contribution in [0.15, 0.2) is 12.1 Å². The van der Waals surface area contributed by atoms with E-state index >= 15 is 0 Å². The van der Waals surface area contributed by atoms with Gasteiger partial charge in [0, 0.05) is 30.6 Å². The summed E-state index contributed by atoms with van der Waals surface area (Å²) in [4.78, 5) is 25.3. The normalized spacial score (nSPS) is 14.1. The Hall–Kier alpha value is -2.18. The molecule has 0 bridgehead atoms. The van der Waals surface area contributed by atoms with Crippen LogP contribution in [0.4, 0.5) is 13.6 Å². The van der Waals surface area contributed by atoms with Gasteiger partial charge in [0.25, 0.3) is 0 Å². The Labute approximate surface area is 140 Å². The molecule has 1 aliphatic heterocycles. The molecule has 1 aromatic rings. The van der Waals surface area contributed by atoms with Gasteiger partial charge in [-0.3, -0.25) is 4.79 Å². The number of halogens is 2. The smallest absolute Gasteiger partial charge is 0.317 e. The topological polar surface area (TPSA) is 61.4 Å². The summed E-state index contributed by atoms with van der Waals surface area (Å²) in [6.07, 6.45) is 0.285. The molecule has 0 spiro atoms. The van der Waals surface area contributed by atoms with E-state index < -0.39 is 17.0 Å². The highest BCUT2D eigenvalue weighted by molar-refractivity contribution is 5.81. The molecule has 0 saturated carbocycles. The van der Waals surface area contributed by atoms with Crippen molar-refractivity contribution >= 4 is 11.9 Å². The van der Waals surface area contributed by atoms with Gasteiger partial charge in [0.05, 0.1) is 6.54 Å². The maximum absolute atomic E-state index is 13.8. The summed E-state index contributed by atoms with van der Waals surface area (Å²) in [7, 11) is 0. The number of carbonyl (C=O) groups is 2. The number of fused-ring (bicyclic) bond motifs is 1. The number of nitrogens with one attached hydrogen (secondary N) is 2. The van der Waals surface area contributed by atoms with Crippen LogP contribution in [0.1, 0.15) is 31.9 Å². The van der Waals surface area contributed by atoms with Gasteiger partial charge < -0.3 is 15.5 Å². The van der Waals surface area contributed by atoms with Crippen molar-refractivity contribution in [1.29, 1.82) is 0 Å². The predicted octanol–water partition coefficient (Wildman–Crippen LogP) is 2.19. The average molecular weight is 339 g/mol. The third kappa shape index (κ3) is 4.21. The van der Waals surface area contributed by atoms with Crippen molar-refractivity contribution in [3.05, 3.63) is 34.9 Å². The third-order valence-corrected chi connectivity index (χ3v) is 3.95. The number of nitrogens with zero attached hydrogens (tertiary/aromatic N) is 1. The summed E-state index contributed by atoms with van der Waals surface area (Å²) in [6.45, 7) is 6.37. The SMILES string of the molecule is CC(C)(C)C(=O)NCCNC(=O)N1CCc2c(F)ccc(F)c2C1. The Morgan fingerprint density at radius 2 is 1.67 bits per heavy atom. The van der Waals surface area contributed by atoms with E-state index in [1.807, 2.05) is 0 Å². The molecule has 0 unspecified atom stereocenters. The monoisotopic (exact) mass is 339 g/mol. The largest absolute Gasteiger partial charge is 0.354 e. The quantitative estimate of drug-likeness (QED) is 0.830. The van der Waals surface area contributed by atoms with Crippen molar-refractivity contribution in [3.8, 4) is 0 Å². The van der Waals surface area contributed by atoms with E-state index in [0.29, 0.717) is 18.7 Å². The Bertz CT molecular complexity index is 641. The Kier molecular flexibility index (Phi) is 5.41. The molecule has 1 aromatic carbocycles. The zero-order valence-electron chi connectivity index (χ0n) is 14.2. The molecule has 0 atom stereocenters. The Morgan fingerprint density at radius 1 is 1.08 bits per heavy atom. The minimum Gasteiger partial charge on any atom is -0.354 e. The molecule has 0 aromatic heterocycles. The minimum absolute atomic E-state index is 0.0408. The molecular formula is C17H23F2N3O2. The molecule has 132 valence electrons. The summed E-state index contributed by atoms with van der Waals surface area (Å²) in [5.41, 5.74) is 0.0938. The zero-order chi connectivity index (χ0) is 17.9. The third-order valence-electron chi connectivity index (χ3n) is 3.95. The summed E-state index contributed by atoms with van der Waals surface area (Å²) in [5, 5.41) is 5.41. The van der Waals surface area contributed by atoms with Gasteiger partial charge in [-0.05, 0) is 24.1 Å². The highest BCUT2D eigenvalue weighted by Crippen LogP contribution is 2.24. The van der Waals surface area contributed by atoms with Crippen LogP contribution >= 0.6 is 0 Å². The molecule has 24 heavy (non-hydrogen) atoms. The van der Waals surface area contributed by atoms with Crippen LogP contribution in [0.25, 0.3) is 0 Å². The van der Waals surface area contributed by atoms with Crippen molar-refractivity contribution < 1.29 is 18.4 Å². The number of urea groups is 1. The molecule has 0 saturated heterocycles. The molecular weight excluding hydrogens is 316 g/mol. The first-order valence-corrected chi connectivity index (χ1v) is 7.97. The average Bonchev–Trinajstić information content (AvgIpc) is 2.53. The first kappa shape index (κ1) is 18.2. The number of amides is 3. The van der Waals surface area contributed by atoms with Crippen LogP contribution in [0, 0.1) is 17.0 Å². The Morgan fingerprint density at radius 3 is 2.29 bits per heavy atom. The molecule has 1 aliphatic rings. The second-order valence-electron chi connectivity index (χ2n) is 6.90. The molecule has 2 N–H and O–H groups in total. The van der Waals surface area contributed by atoms with Gasteiger partial charge in [-0.2, -0.15) is 0 Å². The number of carbonyl (C=O) groups excluding carboxylic acids is 2. The maximum atomic E-state index is 13.8. The van der Waals surface area contributed by atoms with Crippen LogP contribution in [0.5, 0.6) is 0 Å². The van der Waals surface area contributed by atoms with Crippen LogP contribution in [-0.4, -0.2) is 36.5 Å². The van der Waals surface area contributed by atoms with Crippen molar-refractivity contribution in [2.45, 2.75) is 33.7 Å². The van der Waals surface area contributed by atoms with Gasteiger partial charge in [-0.15, -0.1) is 0 Å². The zero-order valence-corrected chi connectivity index (χ0v) is 14.2. The van der Waals surface area contributed by atoms with Gasteiger partial charge in [-0.1, -0.05) is 20.8 Å². The first-order chi connectivity index (χ1) is 11.2. The first-order valence-electron chi connectivity index (χ1n) is 7.97. The molecule has 0 fully saturated rings. The van der Waals surface area contributed by atoms with E-state index in [9.17, 15) is 18.4 Å². The minimum atomic E-state index is -0.499. The lowest BCUT2D eigenvalue weighted by Crippen LogP contribution is -2.46. The highest BCUT2D eigenvalue weighted by Gasteiger charge is 2.25. The van der Waals surface area contributed by atoms with Gasteiger partial charge in [0.2, 0.25) is 5.91 Å². The summed E-state index contributed by atoms with van der Waals surface area (Å²) in [5.74, 6) is -1.03. The van der Waals surface area contributed by atoms with Crippen molar-refractivity contribution in [2.75, 3.05) is 19.6 Å². The van der Waals surface area contributed by atoms with Crippen LogP contribution in [-0.2, 0) is 17.8 Å². The van der Waals surface area contributed by atoms with Gasteiger partial charge in [0.1, 0.15) is 11.6 Å². The fraction of sp³-hybridized carbons (Fsp3) is 0.529. The number of rotatable bonds is 3. The van der Waals surface area contributed by atoms with Crippen LogP contribution < -0.4 is 10.6 Å². The summed E-state index contributed by atoms with van der Waals surface area (Å²) >= 11 is 0. The van der Waals surface area contributed by atoms with E-state index in [1.54, 1.807) is 20.8 Å². The van der Waals surface area contributed by atoms with Crippen molar-refractivity contribution in [3.63, 3.8) is 0 Å². The second-order valence-corrected chi connectivity index (χ2v) is 6.90. The molecule has 7 heteroatoms. The van der Waals surface area contributed by atoms with Crippen LogP contribution in [0.3, 0.4) is 0 Å². The highest BCUT2D eigenvalue weighted by atomic mass is 19.1. The van der Waals surface area contributed by atoms with Crippen molar-refractivity contribution in [1.82, 2.24) is 15.5 Å². The predicted molar refractivity (Wildman–Crippen MR) is 86.3 cm³/mol. The van der Waals surface area contributed by atoms with Gasteiger partial charge >= 0.3 is 6.03 Å². The molecule has 0 radical (unpaired) electrons. The number of hydrogen-bond acceptors (Lipinski definition) is 2. The standard InChI is InChI=1S/C17H23F2N3O2/c1-17(2,3)15(23)20-7-8-21-16(24)22-9-6-11-12(10-22)14(19)5-4-13(11)18/h4-5H,6-10H2,1-3H3,(H,20,23)(H,21,24). The molecule has 2 rings (SSSR count). The number of hydrogen-bond donors (Lipinski definition) is 2. The number of benzene rings is 1. The maximum Gasteiger partial charge on any atom is 0.317 e. The van der Waals surface area contributed by atoms with E-state index in [4.69, 9.17) is 0 Å². The van der Waals surface area contributed by atoms with Gasteiger partial charge in [-0.25, -0.2) is 13.6 Å². The molecule has 1 heterocycles. The van der Waals surface area contributed by atoms with Crippen LogP contribution in [0.2, 0.25) is 0 Å². The fourth-order valence-corrected chi connectivity index (χ4v) is 2.49. The molecule has 5 nitrogen and oxygen atoms in total. The second kappa shape index (κ2) is 7.15.